The molecule has 0 bridgehead atoms. The van der Waals surface area contributed by atoms with E-state index in [0.29, 0.717) is 6.61 Å². The fourth-order valence-electron chi connectivity index (χ4n) is 0.673. The Morgan fingerprint density at radius 3 is 1.92 bits per heavy atom. The summed E-state index contributed by atoms with van der Waals surface area (Å²) in [5, 5.41) is 0. The van der Waals surface area contributed by atoms with Gasteiger partial charge in [-0.05, 0) is 6.42 Å². The Hall–Kier alpha value is 0.0569. The van der Waals surface area contributed by atoms with Gasteiger partial charge in [0, 0.05) is 27.9 Å². The fraction of sp³-hybridized carbons (Fsp3) is 0.857. The van der Waals surface area contributed by atoms with E-state index in [1.165, 1.54) is 6.23 Å². The van der Waals surface area contributed by atoms with E-state index in [1.807, 2.05) is 6.92 Å². The Morgan fingerprint density at radius 2 is 1.58 bits per heavy atom. The van der Waals surface area contributed by atoms with E-state index in [-0.39, 0.29) is 0 Å². The molecule has 0 aliphatic heterocycles. The summed E-state index contributed by atoms with van der Waals surface area (Å²) < 4.78 is 20.5. The zero-order valence-electron chi connectivity index (χ0n) is 8.12. The third kappa shape index (κ3) is 3.64. The van der Waals surface area contributed by atoms with Gasteiger partial charge in [-0.25, -0.2) is 0 Å². The zero-order chi connectivity index (χ0) is 9.45. The molecule has 0 amide bonds. The second-order valence-corrected chi connectivity index (χ2v) is 4.87. The average molecular weight is 193 g/mol. The Labute approximate surface area is 75.1 Å². The minimum Gasteiger partial charge on any atom is -0.375 e. The van der Waals surface area contributed by atoms with Gasteiger partial charge in [0.05, 0.1) is 0 Å². The molecule has 0 atom stereocenters. The molecule has 0 aliphatic rings. The summed E-state index contributed by atoms with van der Waals surface area (Å²) in [6.07, 6.45) is 2.49. The molecule has 0 N–H and O–H groups in total. The van der Waals surface area contributed by atoms with Gasteiger partial charge in [0.1, 0.15) is 0 Å². The van der Waals surface area contributed by atoms with E-state index in [1.54, 1.807) is 21.3 Å². The highest BCUT2D eigenvalue weighted by Crippen LogP contribution is 2.10. The lowest BCUT2D eigenvalue weighted by atomic mass is 10.5. The first-order valence-electron chi connectivity index (χ1n) is 3.86. The van der Waals surface area contributed by atoms with Crippen molar-refractivity contribution in [3.05, 3.63) is 6.23 Å². The first kappa shape index (κ1) is 12.1. The highest BCUT2D eigenvalue weighted by atomic mass is 28.4. The van der Waals surface area contributed by atoms with Crippen LogP contribution in [0.25, 0.3) is 0 Å². The molecule has 73 valence electrons. The van der Waals surface area contributed by atoms with Crippen molar-refractivity contribution in [1.82, 2.24) is 0 Å². The molecule has 0 saturated carbocycles. The third-order valence-corrected chi connectivity index (χ3v) is 3.57. The molecule has 0 heterocycles. The van der Waals surface area contributed by atoms with Crippen LogP contribution in [0.4, 0.5) is 0 Å². The summed E-state index contributed by atoms with van der Waals surface area (Å²) in [4.78, 5) is 0. The van der Waals surface area contributed by atoms with E-state index < -0.39 is 8.80 Å². The molecule has 5 heteroatoms. The maximum absolute atomic E-state index is 5.18. The molecule has 0 aromatic carbocycles. The van der Waals surface area contributed by atoms with Crippen LogP contribution in [0.2, 0.25) is 0 Å². The molecule has 0 saturated heterocycles. The number of ether oxygens (including phenoxy) is 1. The minimum absolute atomic E-state index is 0.658. The lowest BCUT2D eigenvalue weighted by Crippen LogP contribution is -2.44. The van der Waals surface area contributed by atoms with E-state index in [0.717, 1.165) is 6.42 Å². The first-order chi connectivity index (χ1) is 5.74. The van der Waals surface area contributed by atoms with Crippen LogP contribution in [0.15, 0.2) is 0 Å². The maximum atomic E-state index is 5.18. The summed E-state index contributed by atoms with van der Waals surface area (Å²) >= 11 is 0. The van der Waals surface area contributed by atoms with Crippen LogP contribution in [-0.2, 0) is 18.0 Å². The molecule has 0 fully saturated rings. The number of hydrogen-bond acceptors (Lipinski definition) is 4. The Bertz CT molecular complexity index is 97.3. The van der Waals surface area contributed by atoms with Gasteiger partial charge in [-0.15, -0.1) is 0 Å². The molecule has 0 spiro atoms. The Balaban J connectivity index is 3.76. The fourth-order valence-corrected chi connectivity index (χ4v) is 1.78. The summed E-state index contributed by atoms with van der Waals surface area (Å²) in [5.41, 5.74) is 0. The second kappa shape index (κ2) is 6.56. The minimum atomic E-state index is -2.60. The van der Waals surface area contributed by atoms with Crippen molar-refractivity contribution in [2.75, 3.05) is 27.9 Å². The Morgan fingerprint density at radius 1 is 1.08 bits per heavy atom. The highest BCUT2D eigenvalue weighted by Gasteiger charge is 2.39. The molecule has 0 aromatic rings. The van der Waals surface area contributed by atoms with Gasteiger partial charge in [-0.2, -0.15) is 0 Å². The molecule has 0 aromatic heterocycles. The maximum Gasteiger partial charge on any atom is 0.533 e. The van der Waals surface area contributed by atoms with E-state index in [2.05, 4.69) is 0 Å². The SMILES string of the molecule is CCCO[CH][Si](OC)(OC)OC. The predicted molar refractivity (Wildman–Crippen MR) is 47.3 cm³/mol. The van der Waals surface area contributed by atoms with Crippen LogP contribution in [0, 0.1) is 6.23 Å². The van der Waals surface area contributed by atoms with Gasteiger partial charge >= 0.3 is 8.80 Å². The molecule has 12 heavy (non-hydrogen) atoms. The molecule has 4 nitrogen and oxygen atoms in total. The lowest BCUT2D eigenvalue weighted by Gasteiger charge is -2.23. The highest BCUT2D eigenvalue weighted by molar-refractivity contribution is 6.63. The third-order valence-electron chi connectivity index (χ3n) is 1.40. The number of rotatable bonds is 7. The molecule has 0 rings (SSSR count). The average Bonchev–Trinajstić information content (AvgIpc) is 2.14. The second-order valence-electron chi connectivity index (χ2n) is 2.20. The van der Waals surface area contributed by atoms with Crippen LogP contribution in [0.1, 0.15) is 13.3 Å². The molecule has 0 unspecified atom stereocenters. The summed E-state index contributed by atoms with van der Waals surface area (Å²) in [6.45, 7) is 2.69. The van der Waals surface area contributed by atoms with E-state index in [9.17, 15) is 0 Å². The van der Waals surface area contributed by atoms with Gasteiger partial charge in [-0.1, -0.05) is 6.92 Å². The van der Waals surface area contributed by atoms with Crippen molar-refractivity contribution in [3.8, 4) is 0 Å². The Kier molecular flexibility index (Phi) is 6.59. The molecule has 1 radical (unpaired) electrons. The van der Waals surface area contributed by atoms with Crippen molar-refractivity contribution in [2.45, 2.75) is 13.3 Å². The van der Waals surface area contributed by atoms with E-state index >= 15 is 0 Å². The van der Waals surface area contributed by atoms with E-state index in [4.69, 9.17) is 18.0 Å². The van der Waals surface area contributed by atoms with Crippen molar-refractivity contribution in [2.24, 2.45) is 0 Å². The molecular formula is C7H17O4Si. The van der Waals surface area contributed by atoms with Gasteiger partial charge < -0.3 is 18.0 Å². The smallest absolute Gasteiger partial charge is 0.375 e. The van der Waals surface area contributed by atoms with Crippen molar-refractivity contribution in [3.63, 3.8) is 0 Å². The molecule has 0 aliphatic carbocycles. The van der Waals surface area contributed by atoms with Gasteiger partial charge in [0.2, 0.25) is 0 Å². The topological polar surface area (TPSA) is 36.9 Å². The van der Waals surface area contributed by atoms with Gasteiger partial charge in [0.15, 0.2) is 6.23 Å². The lowest BCUT2D eigenvalue weighted by molar-refractivity contribution is 0.0937. The monoisotopic (exact) mass is 193 g/mol. The zero-order valence-corrected chi connectivity index (χ0v) is 9.12. The largest absolute Gasteiger partial charge is 0.533 e. The van der Waals surface area contributed by atoms with Gasteiger partial charge in [0.25, 0.3) is 0 Å². The van der Waals surface area contributed by atoms with Crippen molar-refractivity contribution in [1.29, 1.82) is 0 Å². The van der Waals surface area contributed by atoms with Crippen LogP contribution in [0.5, 0.6) is 0 Å². The standard InChI is InChI=1S/C7H17O4Si/c1-5-6-11-7-12(8-2,9-3)10-4/h7H,5-6H2,1-4H3. The van der Waals surface area contributed by atoms with Crippen LogP contribution < -0.4 is 0 Å². The van der Waals surface area contributed by atoms with Crippen LogP contribution in [0.3, 0.4) is 0 Å². The summed E-state index contributed by atoms with van der Waals surface area (Å²) in [7, 11) is 2.04. The van der Waals surface area contributed by atoms with Crippen molar-refractivity contribution < 1.29 is 18.0 Å². The predicted octanol–water partition coefficient (Wildman–Crippen LogP) is 0.992. The van der Waals surface area contributed by atoms with Crippen LogP contribution >= 0.6 is 0 Å². The summed E-state index contributed by atoms with van der Waals surface area (Å²) in [6, 6.07) is 0. The van der Waals surface area contributed by atoms with Gasteiger partial charge in [-0.3, -0.25) is 0 Å². The van der Waals surface area contributed by atoms with Crippen molar-refractivity contribution >= 4 is 8.80 Å². The first-order valence-corrected chi connectivity index (χ1v) is 5.66. The summed E-state index contributed by atoms with van der Waals surface area (Å²) in [5.74, 6) is 0. The molecular weight excluding hydrogens is 176 g/mol. The normalized spacial score (nSPS) is 12.0. The van der Waals surface area contributed by atoms with Crippen LogP contribution in [-0.4, -0.2) is 36.7 Å². The quantitative estimate of drug-likeness (QED) is 0.446. The number of hydrogen-bond donors (Lipinski definition) is 0.